The van der Waals surface area contributed by atoms with Crippen LogP contribution in [-0.4, -0.2) is 55.6 Å². The van der Waals surface area contributed by atoms with Crippen molar-refractivity contribution in [2.75, 3.05) is 39.8 Å². The van der Waals surface area contributed by atoms with Crippen molar-refractivity contribution >= 4 is 6.03 Å². The molecule has 0 bridgehead atoms. The maximum atomic E-state index is 12.0. The monoisotopic (exact) mass is 213 g/mol. The lowest BCUT2D eigenvalue weighted by atomic mass is 10.1. The van der Waals surface area contributed by atoms with E-state index in [9.17, 15) is 4.79 Å². The molecule has 0 aromatic heterocycles. The maximum Gasteiger partial charge on any atom is 0.319 e. The molecule has 1 aliphatic rings. The molecule has 1 unspecified atom stereocenters. The number of carbonyl (C=O) groups excluding carboxylic acids is 1. The number of hydrogen-bond donors (Lipinski definition) is 1. The van der Waals surface area contributed by atoms with Crippen LogP contribution in [-0.2, 0) is 0 Å². The summed E-state index contributed by atoms with van der Waals surface area (Å²) in [6.07, 6.45) is 1.12. The lowest BCUT2D eigenvalue weighted by Gasteiger charge is -2.32. The summed E-state index contributed by atoms with van der Waals surface area (Å²) in [5.74, 6) is 0.585. The molecule has 0 spiro atoms. The molecule has 0 aromatic carbocycles. The molecular formula is C11H23N3O. The van der Waals surface area contributed by atoms with Crippen molar-refractivity contribution in [2.45, 2.75) is 20.3 Å². The van der Waals surface area contributed by atoms with Crippen LogP contribution in [0.3, 0.4) is 0 Å². The number of urea groups is 1. The Kier molecular flexibility index (Phi) is 4.88. The predicted octanol–water partition coefficient (Wildman–Crippen LogP) is 0.990. The summed E-state index contributed by atoms with van der Waals surface area (Å²) in [6, 6.07) is 0.178. The van der Waals surface area contributed by atoms with Crippen molar-refractivity contribution in [3.63, 3.8) is 0 Å². The largest absolute Gasteiger partial charge is 0.327 e. The quantitative estimate of drug-likeness (QED) is 0.759. The van der Waals surface area contributed by atoms with Gasteiger partial charge in [-0.3, -0.25) is 0 Å². The molecule has 1 atom stereocenters. The van der Waals surface area contributed by atoms with Crippen molar-refractivity contribution in [2.24, 2.45) is 5.92 Å². The third kappa shape index (κ3) is 3.70. The van der Waals surface area contributed by atoms with Gasteiger partial charge in [-0.15, -0.1) is 0 Å². The zero-order valence-corrected chi connectivity index (χ0v) is 10.1. The van der Waals surface area contributed by atoms with Crippen molar-refractivity contribution in [3.8, 4) is 0 Å². The van der Waals surface area contributed by atoms with Gasteiger partial charge in [0.1, 0.15) is 0 Å². The van der Waals surface area contributed by atoms with E-state index < -0.39 is 0 Å². The van der Waals surface area contributed by atoms with Crippen molar-refractivity contribution in [1.82, 2.24) is 15.1 Å². The third-order valence-electron chi connectivity index (χ3n) is 3.00. The standard InChI is InChI=1S/C11H23N3O/c1-4-10(2)9-13(3)11(15)14-7-5-12-6-8-14/h10,12H,4-9H2,1-3H3. The fourth-order valence-electron chi connectivity index (χ4n) is 1.77. The van der Waals surface area contributed by atoms with Crippen LogP contribution in [0, 0.1) is 5.92 Å². The number of piperazine rings is 1. The van der Waals surface area contributed by atoms with E-state index >= 15 is 0 Å². The van der Waals surface area contributed by atoms with Crippen molar-refractivity contribution < 1.29 is 4.79 Å². The molecule has 0 saturated carbocycles. The number of rotatable bonds is 3. The molecule has 1 rings (SSSR count). The van der Waals surface area contributed by atoms with Crippen LogP contribution < -0.4 is 5.32 Å². The Bertz CT molecular complexity index is 202. The van der Waals surface area contributed by atoms with E-state index in [2.05, 4.69) is 19.2 Å². The first-order valence-corrected chi connectivity index (χ1v) is 5.86. The van der Waals surface area contributed by atoms with E-state index in [1.54, 1.807) is 0 Å². The normalized spacial score (nSPS) is 18.7. The van der Waals surface area contributed by atoms with Gasteiger partial charge in [-0.05, 0) is 5.92 Å². The highest BCUT2D eigenvalue weighted by atomic mass is 16.2. The molecule has 0 aromatic rings. The first-order valence-electron chi connectivity index (χ1n) is 5.86. The van der Waals surface area contributed by atoms with Crippen molar-refractivity contribution in [3.05, 3.63) is 0 Å². The number of amides is 2. The SMILES string of the molecule is CCC(C)CN(C)C(=O)N1CCNCC1. The van der Waals surface area contributed by atoms with Gasteiger partial charge >= 0.3 is 6.03 Å². The van der Waals surface area contributed by atoms with E-state index in [0.717, 1.165) is 39.1 Å². The highest BCUT2D eigenvalue weighted by molar-refractivity contribution is 5.74. The van der Waals surface area contributed by atoms with Crippen LogP contribution in [0.2, 0.25) is 0 Å². The van der Waals surface area contributed by atoms with E-state index in [1.165, 1.54) is 0 Å². The number of hydrogen-bond acceptors (Lipinski definition) is 2. The van der Waals surface area contributed by atoms with Gasteiger partial charge < -0.3 is 15.1 Å². The van der Waals surface area contributed by atoms with Crippen LogP contribution in [0.25, 0.3) is 0 Å². The van der Waals surface area contributed by atoms with E-state index in [4.69, 9.17) is 0 Å². The Hall–Kier alpha value is -0.770. The minimum atomic E-state index is 0.178. The van der Waals surface area contributed by atoms with Gasteiger partial charge in [0.2, 0.25) is 0 Å². The lowest BCUT2D eigenvalue weighted by Crippen LogP contribution is -2.51. The molecule has 0 aliphatic carbocycles. The van der Waals surface area contributed by atoms with Gasteiger partial charge in [-0.2, -0.15) is 0 Å². The van der Waals surface area contributed by atoms with E-state index in [-0.39, 0.29) is 6.03 Å². The zero-order chi connectivity index (χ0) is 11.3. The molecule has 1 fully saturated rings. The summed E-state index contributed by atoms with van der Waals surface area (Å²) in [4.78, 5) is 15.7. The molecule has 1 aliphatic heterocycles. The van der Waals surface area contributed by atoms with Gasteiger partial charge in [0, 0.05) is 39.8 Å². The molecule has 4 heteroatoms. The Morgan fingerprint density at radius 2 is 2.07 bits per heavy atom. The maximum absolute atomic E-state index is 12.0. The molecular weight excluding hydrogens is 190 g/mol. The van der Waals surface area contributed by atoms with Gasteiger partial charge in [-0.1, -0.05) is 20.3 Å². The minimum absolute atomic E-state index is 0.178. The Labute approximate surface area is 92.6 Å². The summed E-state index contributed by atoms with van der Waals surface area (Å²) < 4.78 is 0. The Morgan fingerprint density at radius 1 is 1.47 bits per heavy atom. The number of carbonyl (C=O) groups is 1. The predicted molar refractivity (Wildman–Crippen MR) is 61.9 cm³/mol. The van der Waals surface area contributed by atoms with Crippen LogP contribution in [0.15, 0.2) is 0 Å². The van der Waals surface area contributed by atoms with Crippen LogP contribution in [0.4, 0.5) is 4.79 Å². The molecule has 2 amide bonds. The van der Waals surface area contributed by atoms with Gasteiger partial charge in [0.25, 0.3) is 0 Å². The summed E-state index contributed by atoms with van der Waals surface area (Å²) >= 11 is 0. The molecule has 1 heterocycles. The number of nitrogens with one attached hydrogen (secondary N) is 1. The fraction of sp³-hybridized carbons (Fsp3) is 0.909. The summed E-state index contributed by atoms with van der Waals surface area (Å²) in [5.41, 5.74) is 0. The second kappa shape index (κ2) is 5.95. The first kappa shape index (κ1) is 12.3. The number of nitrogens with zero attached hydrogens (tertiary/aromatic N) is 2. The molecule has 1 N–H and O–H groups in total. The van der Waals surface area contributed by atoms with Gasteiger partial charge in [0.05, 0.1) is 0 Å². The zero-order valence-electron chi connectivity index (χ0n) is 10.1. The van der Waals surface area contributed by atoms with Gasteiger partial charge in [-0.25, -0.2) is 4.79 Å². The molecule has 88 valence electrons. The third-order valence-corrected chi connectivity index (χ3v) is 3.00. The molecule has 15 heavy (non-hydrogen) atoms. The van der Waals surface area contributed by atoms with E-state index in [0.29, 0.717) is 5.92 Å². The van der Waals surface area contributed by atoms with Crippen LogP contribution >= 0.6 is 0 Å². The van der Waals surface area contributed by atoms with Gasteiger partial charge in [0.15, 0.2) is 0 Å². The second-order valence-electron chi connectivity index (χ2n) is 4.41. The molecule has 1 saturated heterocycles. The summed E-state index contributed by atoms with van der Waals surface area (Å²) in [6.45, 7) is 8.72. The fourth-order valence-corrected chi connectivity index (χ4v) is 1.77. The van der Waals surface area contributed by atoms with E-state index in [1.807, 2.05) is 16.8 Å². The summed E-state index contributed by atoms with van der Waals surface area (Å²) in [7, 11) is 1.90. The highest BCUT2D eigenvalue weighted by Gasteiger charge is 2.20. The lowest BCUT2D eigenvalue weighted by molar-refractivity contribution is 0.150. The average Bonchev–Trinajstić information content (AvgIpc) is 2.29. The topological polar surface area (TPSA) is 35.6 Å². The van der Waals surface area contributed by atoms with Crippen molar-refractivity contribution in [1.29, 1.82) is 0 Å². The second-order valence-corrected chi connectivity index (χ2v) is 4.41. The Balaban J connectivity index is 2.37. The first-order chi connectivity index (χ1) is 7.15. The average molecular weight is 213 g/mol. The smallest absolute Gasteiger partial charge is 0.319 e. The van der Waals surface area contributed by atoms with Crippen LogP contribution in [0.5, 0.6) is 0 Å². The summed E-state index contributed by atoms with van der Waals surface area (Å²) in [5, 5.41) is 3.25. The highest BCUT2D eigenvalue weighted by Crippen LogP contribution is 2.05. The Morgan fingerprint density at radius 3 is 2.60 bits per heavy atom. The molecule has 4 nitrogen and oxygen atoms in total. The van der Waals surface area contributed by atoms with Crippen LogP contribution in [0.1, 0.15) is 20.3 Å². The molecule has 0 radical (unpaired) electrons. The minimum Gasteiger partial charge on any atom is -0.327 e.